The summed E-state index contributed by atoms with van der Waals surface area (Å²) in [5.74, 6) is 2.20. The Kier molecular flexibility index (Phi) is 1.81. The minimum absolute atomic E-state index is 0.0139. The number of thioether (sulfide) groups is 1. The molecular formula is C7H11NO2S. The number of rotatable bonds is 0. The van der Waals surface area contributed by atoms with E-state index >= 15 is 0 Å². The highest BCUT2D eigenvalue weighted by molar-refractivity contribution is 7.99. The van der Waals surface area contributed by atoms with Crippen LogP contribution in [0.4, 0.5) is 0 Å². The summed E-state index contributed by atoms with van der Waals surface area (Å²) in [7, 11) is 0. The number of morpholine rings is 1. The Morgan fingerprint density at radius 2 is 2.55 bits per heavy atom. The predicted octanol–water partition coefficient (Wildman–Crippen LogP) is 0.00850. The molecule has 11 heavy (non-hydrogen) atoms. The van der Waals surface area contributed by atoms with Gasteiger partial charge >= 0.3 is 0 Å². The fourth-order valence-corrected chi connectivity index (χ4v) is 2.90. The summed E-state index contributed by atoms with van der Waals surface area (Å²) in [6.07, 6.45) is 1.06. The van der Waals surface area contributed by atoms with Gasteiger partial charge < -0.3 is 10.1 Å². The summed E-state index contributed by atoms with van der Waals surface area (Å²) in [6, 6.07) is 0. The van der Waals surface area contributed by atoms with Gasteiger partial charge in [-0.1, -0.05) is 0 Å². The number of hydrogen-bond acceptors (Lipinski definition) is 3. The van der Waals surface area contributed by atoms with Crippen molar-refractivity contribution >= 4 is 17.7 Å². The van der Waals surface area contributed by atoms with Gasteiger partial charge in [0, 0.05) is 5.75 Å². The zero-order chi connectivity index (χ0) is 7.73. The third-order valence-electron chi connectivity index (χ3n) is 2.12. The lowest BCUT2D eigenvalue weighted by Crippen LogP contribution is -2.57. The zero-order valence-corrected chi connectivity index (χ0v) is 7.08. The topological polar surface area (TPSA) is 38.3 Å². The molecule has 0 bridgehead atoms. The molecule has 1 amide bonds. The summed E-state index contributed by atoms with van der Waals surface area (Å²) >= 11 is 1.89. The fourth-order valence-electron chi connectivity index (χ4n) is 1.53. The fraction of sp³-hybridized carbons (Fsp3) is 0.857. The molecule has 0 saturated carbocycles. The molecule has 2 aliphatic heterocycles. The van der Waals surface area contributed by atoms with Crippen molar-refractivity contribution in [2.45, 2.75) is 12.0 Å². The first kappa shape index (κ1) is 7.43. The Morgan fingerprint density at radius 3 is 3.18 bits per heavy atom. The summed E-state index contributed by atoms with van der Waals surface area (Å²) in [5, 5.41) is 3.01. The molecule has 0 aromatic carbocycles. The highest BCUT2D eigenvalue weighted by Gasteiger charge is 2.38. The van der Waals surface area contributed by atoms with Crippen molar-refractivity contribution < 1.29 is 9.53 Å². The number of nitrogens with one attached hydrogen (secondary N) is 1. The van der Waals surface area contributed by atoms with E-state index in [-0.39, 0.29) is 18.1 Å². The van der Waals surface area contributed by atoms with Gasteiger partial charge in [0.2, 0.25) is 5.91 Å². The molecule has 1 N–H and O–H groups in total. The lowest BCUT2D eigenvalue weighted by molar-refractivity contribution is -0.134. The Bertz CT molecular complexity index is 177. The van der Waals surface area contributed by atoms with E-state index in [2.05, 4.69) is 5.32 Å². The Balaban J connectivity index is 2.05. The molecular weight excluding hydrogens is 162 g/mol. The van der Waals surface area contributed by atoms with Crippen LogP contribution in [0.1, 0.15) is 6.42 Å². The second-order valence-electron chi connectivity index (χ2n) is 3.12. The Labute approximate surface area is 69.9 Å². The summed E-state index contributed by atoms with van der Waals surface area (Å²) in [4.78, 5) is 11.0. The lowest BCUT2D eigenvalue weighted by atomic mass is 9.99. The minimum atomic E-state index is -0.0139. The first-order valence-corrected chi connectivity index (χ1v) is 4.93. The highest BCUT2D eigenvalue weighted by Crippen LogP contribution is 2.29. The lowest BCUT2D eigenvalue weighted by Gasteiger charge is -2.33. The van der Waals surface area contributed by atoms with Crippen LogP contribution in [0.5, 0.6) is 0 Å². The van der Waals surface area contributed by atoms with Crippen molar-refractivity contribution in [2.75, 3.05) is 24.7 Å². The molecule has 2 aliphatic rings. The SMILES string of the molecule is O=C1COCC2(CCSC2)N1. The molecule has 0 radical (unpaired) electrons. The summed E-state index contributed by atoms with van der Waals surface area (Å²) in [6.45, 7) is 0.943. The van der Waals surface area contributed by atoms with E-state index in [4.69, 9.17) is 4.74 Å². The third kappa shape index (κ3) is 1.37. The molecule has 1 atom stereocenters. The molecule has 0 aromatic heterocycles. The van der Waals surface area contributed by atoms with E-state index < -0.39 is 0 Å². The van der Waals surface area contributed by atoms with E-state index in [1.165, 1.54) is 0 Å². The molecule has 3 nitrogen and oxygen atoms in total. The van der Waals surface area contributed by atoms with Crippen molar-refractivity contribution in [2.24, 2.45) is 0 Å². The zero-order valence-electron chi connectivity index (χ0n) is 6.26. The molecule has 0 aliphatic carbocycles. The van der Waals surface area contributed by atoms with Crippen LogP contribution in [0.3, 0.4) is 0 Å². The monoisotopic (exact) mass is 173 g/mol. The number of hydrogen-bond donors (Lipinski definition) is 1. The number of amides is 1. The number of carbonyl (C=O) groups excluding carboxylic acids is 1. The molecule has 2 fully saturated rings. The van der Waals surface area contributed by atoms with Gasteiger partial charge in [-0.15, -0.1) is 0 Å². The standard InChI is InChI=1S/C7H11NO2S/c9-6-3-10-4-7(8-6)1-2-11-5-7/h1-5H2,(H,8,9). The molecule has 2 heterocycles. The predicted molar refractivity (Wildman–Crippen MR) is 43.6 cm³/mol. The van der Waals surface area contributed by atoms with Crippen LogP contribution in [0.15, 0.2) is 0 Å². The van der Waals surface area contributed by atoms with Crippen LogP contribution in [0, 0.1) is 0 Å². The van der Waals surface area contributed by atoms with E-state index in [1.54, 1.807) is 0 Å². The maximum atomic E-state index is 11.0. The van der Waals surface area contributed by atoms with Gasteiger partial charge in [-0.05, 0) is 12.2 Å². The largest absolute Gasteiger partial charge is 0.369 e. The van der Waals surface area contributed by atoms with Gasteiger partial charge in [0.1, 0.15) is 6.61 Å². The average Bonchev–Trinajstić information content (AvgIpc) is 2.37. The van der Waals surface area contributed by atoms with Crippen LogP contribution >= 0.6 is 11.8 Å². The molecule has 2 rings (SSSR count). The van der Waals surface area contributed by atoms with E-state index in [0.29, 0.717) is 6.61 Å². The maximum Gasteiger partial charge on any atom is 0.246 e. The second kappa shape index (κ2) is 2.68. The number of ether oxygens (including phenoxy) is 1. The molecule has 2 saturated heterocycles. The van der Waals surface area contributed by atoms with Crippen molar-refractivity contribution in [1.82, 2.24) is 5.32 Å². The molecule has 0 aromatic rings. The quantitative estimate of drug-likeness (QED) is 0.560. The van der Waals surface area contributed by atoms with Gasteiger partial charge in [0.15, 0.2) is 0 Å². The van der Waals surface area contributed by atoms with Gasteiger partial charge in [-0.25, -0.2) is 0 Å². The second-order valence-corrected chi connectivity index (χ2v) is 4.23. The van der Waals surface area contributed by atoms with Crippen LogP contribution in [0.25, 0.3) is 0 Å². The smallest absolute Gasteiger partial charge is 0.246 e. The Morgan fingerprint density at radius 1 is 1.64 bits per heavy atom. The molecule has 1 unspecified atom stereocenters. The first-order chi connectivity index (χ1) is 5.31. The highest BCUT2D eigenvalue weighted by atomic mass is 32.2. The van der Waals surface area contributed by atoms with Crippen molar-refractivity contribution in [1.29, 1.82) is 0 Å². The molecule has 1 spiro atoms. The van der Waals surface area contributed by atoms with E-state index in [9.17, 15) is 4.79 Å². The summed E-state index contributed by atoms with van der Waals surface area (Å²) < 4.78 is 5.19. The van der Waals surface area contributed by atoms with E-state index in [1.807, 2.05) is 11.8 Å². The molecule has 62 valence electrons. The van der Waals surface area contributed by atoms with Crippen LogP contribution in [-0.4, -0.2) is 36.2 Å². The van der Waals surface area contributed by atoms with Gasteiger partial charge in [0.25, 0.3) is 0 Å². The third-order valence-corrected chi connectivity index (χ3v) is 3.37. The van der Waals surface area contributed by atoms with E-state index in [0.717, 1.165) is 17.9 Å². The summed E-state index contributed by atoms with van der Waals surface area (Å²) in [5.41, 5.74) is -0.0139. The van der Waals surface area contributed by atoms with Crippen molar-refractivity contribution in [3.63, 3.8) is 0 Å². The normalized spacial score (nSPS) is 37.6. The molecule has 4 heteroatoms. The van der Waals surface area contributed by atoms with Crippen molar-refractivity contribution in [3.8, 4) is 0 Å². The minimum Gasteiger partial charge on any atom is -0.369 e. The van der Waals surface area contributed by atoms with Gasteiger partial charge in [-0.3, -0.25) is 4.79 Å². The van der Waals surface area contributed by atoms with Crippen molar-refractivity contribution in [3.05, 3.63) is 0 Å². The van der Waals surface area contributed by atoms with Crippen LogP contribution < -0.4 is 5.32 Å². The van der Waals surface area contributed by atoms with Gasteiger partial charge in [0.05, 0.1) is 12.1 Å². The first-order valence-electron chi connectivity index (χ1n) is 3.77. The number of carbonyl (C=O) groups is 1. The van der Waals surface area contributed by atoms with Crippen LogP contribution in [0.2, 0.25) is 0 Å². The average molecular weight is 173 g/mol. The Hall–Kier alpha value is -0.220. The van der Waals surface area contributed by atoms with Crippen LogP contribution in [-0.2, 0) is 9.53 Å². The maximum absolute atomic E-state index is 11.0. The van der Waals surface area contributed by atoms with Gasteiger partial charge in [-0.2, -0.15) is 11.8 Å².